The Balaban J connectivity index is 4.35. The SMILES string of the molecule is CC/C=C\C/C=C\C/C=C\C/C=C\C/C=C\CCCCCCCC(=O)OC(COC(=O)CCCCCCC/C=C\C/C=C\CCCC)COC(=O)CCCCCCCCCCCCCCC/C=C\CCCCCCCCCC. The summed E-state index contributed by atoms with van der Waals surface area (Å²) in [6, 6.07) is 0. The van der Waals surface area contributed by atoms with E-state index < -0.39 is 6.10 Å². The predicted molar refractivity (Wildman–Crippen MR) is 339 cm³/mol. The lowest BCUT2D eigenvalue weighted by atomic mass is 10.0. The molecule has 0 amide bonds. The van der Waals surface area contributed by atoms with Crippen molar-refractivity contribution in [2.75, 3.05) is 13.2 Å². The zero-order chi connectivity index (χ0) is 56.4. The van der Waals surface area contributed by atoms with Gasteiger partial charge >= 0.3 is 17.9 Å². The number of rotatable bonds is 60. The van der Waals surface area contributed by atoms with Gasteiger partial charge in [0.15, 0.2) is 6.10 Å². The zero-order valence-corrected chi connectivity index (χ0v) is 51.4. The van der Waals surface area contributed by atoms with Crippen molar-refractivity contribution in [2.45, 2.75) is 329 Å². The second-order valence-electron chi connectivity index (χ2n) is 22.0. The molecule has 0 N–H and O–H groups in total. The summed E-state index contributed by atoms with van der Waals surface area (Å²) in [5.74, 6) is -0.912. The van der Waals surface area contributed by atoms with Crippen LogP contribution >= 0.6 is 0 Å². The minimum Gasteiger partial charge on any atom is -0.462 e. The largest absolute Gasteiger partial charge is 0.462 e. The number of allylic oxidation sites excluding steroid dienone is 16. The average molecular weight is 1090 g/mol. The molecule has 1 unspecified atom stereocenters. The van der Waals surface area contributed by atoms with Crippen LogP contribution < -0.4 is 0 Å². The Morgan fingerprint density at radius 1 is 0.269 bits per heavy atom. The van der Waals surface area contributed by atoms with E-state index in [2.05, 4.69) is 118 Å². The molecule has 6 heteroatoms. The summed E-state index contributed by atoms with van der Waals surface area (Å²) >= 11 is 0. The van der Waals surface area contributed by atoms with E-state index in [0.717, 1.165) is 135 Å². The van der Waals surface area contributed by atoms with Crippen LogP contribution in [0.4, 0.5) is 0 Å². The molecule has 448 valence electrons. The van der Waals surface area contributed by atoms with Crippen LogP contribution in [0.3, 0.4) is 0 Å². The fraction of sp³-hybridized carbons (Fsp3) is 0.736. The predicted octanol–water partition coefficient (Wildman–Crippen LogP) is 22.8. The summed E-state index contributed by atoms with van der Waals surface area (Å²) in [5, 5.41) is 0. The molecule has 0 saturated carbocycles. The maximum Gasteiger partial charge on any atom is 0.306 e. The van der Waals surface area contributed by atoms with E-state index in [1.165, 1.54) is 148 Å². The molecule has 78 heavy (non-hydrogen) atoms. The van der Waals surface area contributed by atoms with Crippen molar-refractivity contribution in [1.29, 1.82) is 0 Å². The van der Waals surface area contributed by atoms with Gasteiger partial charge in [0.2, 0.25) is 0 Å². The van der Waals surface area contributed by atoms with Crippen LogP contribution in [-0.2, 0) is 28.6 Å². The Bertz CT molecular complexity index is 1530. The van der Waals surface area contributed by atoms with Crippen LogP contribution in [0.2, 0.25) is 0 Å². The summed E-state index contributed by atoms with van der Waals surface area (Å²) in [6.45, 7) is 6.49. The van der Waals surface area contributed by atoms with Crippen molar-refractivity contribution < 1.29 is 28.6 Å². The van der Waals surface area contributed by atoms with Crippen molar-refractivity contribution in [2.24, 2.45) is 0 Å². The van der Waals surface area contributed by atoms with Gasteiger partial charge in [-0.15, -0.1) is 0 Å². The number of hydrogen-bond acceptors (Lipinski definition) is 6. The Labute approximate surface area is 483 Å². The summed E-state index contributed by atoms with van der Waals surface area (Å²) < 4.78 is 16.9. The first-order valence-corrected chi connectivity index (χ1v) is 33.2. The van der Waals surface area contributed by atoms with Crippen LogP contribution in [-0.4, -0.2) is 37.2 Å². The molecule has 0 aromatic carbocycles. The number of ether oxygens (including phenoxy) is 3. The fourth-order valence-corrected chi connectivity index (χ4v) is 9.31. The molecule has 0 heterocycles. The van der Waals surface area contributed by atoms with Gasteiger partial charge in [0, 0.05) is 19.3 Å². The minimum atomic E-state index is -0.796. The van der Waals surface area contributed by atoms with Gasteiger partial charge in [0.25, 0.3) is 0 Å². The van der Waals surface area contributed by atoms with E-state index in [-0.39, 0.29) is 31.1 Å². The first kappa shape index (κ1) is 74.3. The van der Waals surface area contributed by atoms with E-state index in [9.17, 15) is 14.4 Å². The van der Waals surface area contributed by atoms with Crippen molar-refractivity contribution in [3.63, 3.8) is 0 Å². The van der Waals surface area contributed by atoms with Crippen molar-refractivity contribution >= 4 is 17.9 Å². The molecule has 0 aliphatic rings. The highest BCUT2D eigenvalue weighted by Crippen LogP contribution is 2.16. The van der Waals surface area contributed by atoms with Crippen LogP contribution in [0.15, 0.2) is 97.2 Å². The Morgan fingerprint density at radius 2 is 0.513 bits per heavy atom. The number of unbranched alkanes of at least 4 members (excludes halogenated alkanes) is 33. The van der Waals surface area contributed by atoms with E-state index >= 15 is 0 Å². The van der Waals surface area contributed by atoms with E-state index in [1.807, 2.05) is 0 Å². The summed E-state index contributed by atoms with van der Waals surface area (Å²) in [4.78, 5) is 38.4. The lowest BCUT2D eigenvalue weighted by Crippen LogP contribution is -2.30. The quantitative estimate of drug-likeness (QED) is 0.0261. The number of esters is 3. The third kappa shape index (κ3) is 63.2. The van der Waals surface area contributed by atoms with Gasteiger partial charge in [0.1, 0.15) is 13.2 Å². The highest BCUT2D eigenvalue weighted by atomic mass is 16.6. The fourth-order valence-electron chi connectivity index (χ4n) is 9.31. The molecule has 0 radical (unpaired) electrons. The zero-order valence-electron chi connectivity index (χ0n) is 51.4. The highest BCUT2D eigenvalue weighted by molar-refractivity contribution is 5.71. The van der Waals surface area contributed by atoms with Crippen LogP contribution in [0, 0.1) is 0 Å². The van der Waals surface area contributed by atoms with E-state index in [0.29, 0.717) is 19.3 Å². The molecule has 6 nitrogen and oxygen atoms in total. The molecule has 0 bridgehead atoms. The van der Waals surface area contributed by atoms with Crippen LogP contribution in [0.1, 0.15) is 323 Å². The maximum atomic E-state index is 12.9. The lowest BCUT2D eigenvalue weighted by Gasteiger charge is -2.18. The molecule has 0 fully saturated rings. The van der Waals surface area contributed by atoms with Gasteiger partial charge in [-0.3, -0.25) is 14.4 Å². The van der Waals surface area contributed by atoms with Gasteiger partial charge in [-0.1, -0.05) is 285 Å². The monoisotopic (exact) mass is 1080 g/mol. The van der Waals surface area contributed by atoms with Crippen molar-refractivity contribution in [3.05, 3.63) is 97.2 Å². The molecule has 0 aromatic rings. The average Bonchev–Trinajstić information content (AvgIpc) is 3.44. The Hall–Kier alpha value is -3.67. The molecule has 0 aromatic heterocycles. The first-order valence-electron chi connectivity index (χ1n) is 33.2. The molecular weight excluding hydrogens is 961 g/mol. The smallest absolute Gasteiger partial charge is 0.306 e. The summed E-state index contributed by atoms with van der Waals surface area (Å²) in [5.41, 5.74) is 0. The number of carbonyl (C=O) groups is 3. The topological polar surface area (TPSA) is 78.9 Å². The number of carbonyl (C=O) groups excluding carboxylic acids is 3. The van der Waals surface area contributed by atoms with Gasteiger partial charge in [-0.05, 0) is 116 Å². The van der Waals surface area contributed by atoms with Crippen LogP contribution in [0.25, 0.3) is 0 Å². The second-order valence-corrected chi connectivity index (χ2v) is 22.0. The second kappa shape index (κ2) is 65.8. The standard InChI is InChI=1S/C72H124O6/c1-4-7-10-13-16-19-22-25-28-30-32-34-35-36-37-39-40-42-44-47-50-53-56-59-62-65-71(74)77-68-69(67-76-70(73)64-61-58-55-52-49-46-27-24-21-18-15-12-9-6-3)78-72(75)66-63-60-57-54-51-48-45-43-41-38-33-31-29-26-23-20-17-14-11-8-5-2/h8,11,15,17-18,20,24,26-27,29-30,32-33,38,43,45,69H,4-7,9-10,12-14,16,19,21-23,25,28,31,34-37,39-42,44,46-68H2,1-3H3/b11-8-,18-15-,20-17-,27-24-,29-26-,32-30-,38-33-,45-43-. The lowest BCUT2D eigenvalue weighted by molar-refractivity contribution is -0.167. The van der Waals surface area contributed by atoms with Gasteiger partial charge in [0.05, 0.1) is 0 Å². The van der Waals surface area contributed by atoms with Crippen molar-refractivity contribution in [3.8, 4) is 0 Å². The van der Waals surface area contributed by atoms with Gasteiger partial charge in [-0.2, -0.15) is 0 Å². The van der Waals surface area contributed by atoms with Crippen molar-refractivity contribution in [1.82, 2.24) is 0 Å². The first-order chi connectivity index (χ1) is 38.5. The molecule has 1 atom stereocenters. The third-order valence-electron chi connectivity index (χ3n) is 14.3. The molecule has 0 aliphatic carbocycles. The van der Waals surface area contributed by atoms with Gasteiger partial charge in [-0.25, -0.2) is 0 Å². The summed E-state index contributed by atoms with van der Waals surface area (Å²) in [7, 11) is 0. The van der Waals surface area contributed by atoms with E-state index in [1.54, 1.807) is 0 Å². The normalized spacial score (nSPS) is 12.7. The maximum absolute atomic E-state index is 12.9. The molecule has 0 aliphatic heterocycles. The molecular formula is C72H124O6. The number of hydrogen-bond donors (Lipinski definition) is 0. The highest BCUT2D eigenvalue weighted by Gasteiger charge is 2.19. The minimum absolute atomic E-state index is 0.0893. The van der Waals surface area contributed by atoms with E-state index in [4.69, 9.17) is 14.2 Å². The Morgan fingerprint density at radius 3 is 0.833 bits per heavy atom. The summed E-state index contributed by atoms with van der Waals surface area (Å²) in [6.07, 6.45) is 88.5. The van der Waals surface area contributed by atoms with Gasteiger partial charge < -0.3 is 14.2 Å². The molecule has 0 rings (SSSR count). The molecule has 0 saturated heterocycles. The Kier molecular flexibility index (Phi) is 62.7. The van der Waals surface area contributed by atoms with Crippen LogP contribution in [0.5, 0.6) is 0 Å². The molecule has 0 spiro atoms. The third-order valence-corrected chi connectivity index (χ3v) is 14.3.